The zero-order valence-electron chi connectivity index (χ0n) is 12.8. The summed E-state index contributed by atoms with van der Waals surface area (Å²) in [6.45, 7) is 0. The number of thioether (sulfide) groups is 1. The van der Waals surface area contributed by atoms with Gasteiger partial charge in [-0.3, -0.25) is 14.5 Å². The molecular weight excluding hydrogens is 352 g/mol. The predicted octanol–water partition coefficient (Wildman–Crippen LogP) is 1.37. The van der Waals surface area contributed by atoms with Crippen molar-refractivity contribution in [3.05, 3.63) is 47.2 Å². The Morgan fingerprint density at radius 3 is 2.71 bits per heavy atom. The molecule has 24 heavy (non-hydrogen) atoms. The zero-order chi connectivity index (χ0) is 17.3. The molecule has 0 aromatic heterocycles. The highest BCUT2D eigenvalue weighted by atomic mass is 35.5. The molecule has 0 saturated carbocycles. The summed E-state index contributed by atoms with van der Waals surface area (Å²) in [5.74, 6) is -0.577. The Morgan fingerprint density at radius 1 is 1.38 bits per heavy atom. The molecule has 0 bridgehead atoms. The molecule has 1 saturated heterocycles. The molecule has 1 N–H and O–H groups in total. The molecule has 3 rings (SSSR count). The Morgan fingerprint density at radius 2 is 2.08 bits per heavy atom. The lowest BCUT2D eigenvalue weighted by Crippen LogP contribution is -2.70. The number of rotatable bonds is 4. The predicted molar refractivity (Wildman–Crippen MR) is 90.6 cm³/mol. The number of nitrogens with zero attached hydrogens (tertiary/aromatic N) is 1. The third-order valence-corrected chi connectivity index (χ3v) is 5.57. The highest BCUT2D eigenvalue weighted by Crippen LogP contribution is 2.40. The number of hydrogen-bond acceptors (Lipinski definition) is 5. The smallest absolute Gasteiger partial charge is 0.354 e. The quantitative estimate of drug-likeness (QED) is 0.495. The topological polar surface area (TPSA) is 75.7 Å². The number of carbonyl (C=O) groups is 3. The van der Waals surface area contributed by atoms with E-state index < -0.39 is 12.0 Å². The highest BCUT2D eigenvalue weighted by Gasteiger charge is 2.54. The van der Waals surface area contributed by atoms with E-state index in [4.69, 9.17) is 16.3 Å². The first-order valence-corrected chi connectivity index (χ1v) is 8.83. The Balaban J connectivity index is 1.78. The van der Waals surface area contributed by atoms with Crippen LogP contribution in [0.3, 0.4) is 0 Å². The molecule has 6 nitrogen and oxygen atoms in total. The molecule has 2 heterocycles. The highest BCUT2D eigenvalue weighted by molar-refractivity contribution is 8.00. The van der Waals surface area contributed by atoms with Gasteiger partial charge in [0.15, 0.2) is 0 Å². The van der Waals surface area contributed by atoms with E-state index in [0.29, 0.717) is 16.9 Å². The molecule has 1 unspecified atom stereocenters. The number of hydrogen-bond donors (Lipinski definition) is 1. The largest absolute Gasteiger partial charge is 0.464 e. The van der Waals surface area contributed by atoms with Crippen molar-refractivity contribution in [1.82, 2.24) is 10.2 Å². The van der Waals surface area contributed by atoms with Gasteiger partial charge in [0.05, 0.1) is 7.11 Å². The van der Waals surface area contributed by atoms with Crippen LogP contribution >= 0.6 is 23.4 Å². The van der Waals surface area contributed by atoms with Crippen LogP contribution in [0.2, 0.25) is 0 Å². The van der Waals surface area contributed by atoms with Gasteiger partial charge in [-0.2, -0.15) is 0 Å². The number of esters is 1. The van der Waals surface area contributed by atoms with Gasteiger partial charge in [-0.1, -0.05) is 18.2 Å². The maximum absolute atomic E-state index is 12.5. The maximum atomic E-state index is 12.5. The Bertz CT molecular complexity index is 722. The van der Waals surface area contributed by atoms with Crippen molar-refractivity contribution >= 4 is 41.1 Å². The Labute approximate surface area is 148 Å². The number of ether oxygens (including phenoxy) is 1. The minimum absolute atomic E-state index is 0.148. The normalized spacial score (nSPS) is 22.6. The standard InChI is InChI=1S/C16H15ClN2O4S/c1-23-16(22)12-10(7-17)8-24-15-11(14(21)19(12)15)18-13(20)9-5-3-2-4-6-9/h2-6,11,15H,7-8H2,1H3,(H,18,20)/t11?,15-/m1/s1. The lowest BCUT2D eigenvalue weighted by molar-refractivity contribution is -0.150. The van der Waals surface area contributed by atoms with Crippen LogP contribution in [0.15, 0.2) is 41.6 Å². The number of amides is 2. The van der Waals surface area contributed by atoms with E-state index >= 15 is 0 Å². The summed E-state index contributed by atoms with van der Waals surface area (Å²) in [7, 11) is 1.26. The van der Waals surface area contributed by atoms with Gasteiger partial charge in [0.25, 0.3) is 11.8 Å². The second-order valence-electron chi connectivity index (χ2n) is 5.30. The van der Waals surface area contributed by atoms with Crippen LogP contribution in [0, 0.1) is 0 Å². The van der Waals surface area contributed by atoms with E-state index in [2.05, 4.69) is 5.32 Å². The summed E-state index contributed by atoms with van der Waals surface area (Å²) < 4.78 is 4.76. The van der Waals surface area contributed by atoms with Crippen molar-refractivity contribution < 1.29 is 19.1 Å². The number of nitrogens with one attached hydrogen (secondary N) is 1. The van der Waals surface area contributed by atoms with E-state index in [9.17, 15) is 14.4 Å². The lowest BCUT2D eigenvalue weighted by atomic mass is 10.0. The van der Waals surface area contributed by atoms with Crippen molar-refractivity contribution in [1.29, 1.82) is 0 Å². The first-order chi connectivity index (χ1) is 11.6. The molecule has 1 fully saturated rings. The summed E-state index contributed by atoms with van der Waals surface area (Å²) in [5, 5.41) is 2.41. The van der Waals surface area contributed by atoms with Gasteiger partial charge in [-0.25, -0.2) is 4.79 Å². The number of fused-ring (bicyclic) bond motifs is 1. The maximum Gasteiger partial charge on any atom is 0.354 e. The minimum Gasteiger partial charge on any atom is -0.464 e. The van der Waals surface area contributed by atoms with Crippen molar-refractivity contribution in [3.8, 4) is 0 Å². The third-order valence-electron chi connectivity index (χ3n) is 3.91. The number of alkyl halides is 1. The van der Waals surface area contributed by atoms with Gasteiger partial charge in [0, 0.05) is 17.2 Å². The summed E-state index contributed by atoms with van der Waals surface area (Å²) in [6.07, 6.45) is 0. The second-order valence-corrected chi connectivity index (χ2v) is 6.68. The number of carbonyl (C=O) groups excluding carboxylic acids is 3. The third kappa shape index (κ3) is 2.78. The molecule has 0 spiro atoms. The van der Waals surface area contributed by atoms with E-state index in [1.807, 2.05) is 6.07 Å². The fraction of sp³-hybridized carbons (Fsp3) is 0.312. The molecule has 126 valence electrons. The van der Waals surface area contributed by atoms with Crippen LogP contribution in [0.25, 0.3) is 0 Å². The first-order valence-electron chi connectivity index (χ1n) is 7.25. The SMILES string of the molecule is COC(=O)C1=C(CCl)CS[C@@H]2C(NC(=O)c3ccccc3)C(=O)N12. The fourth-order valence-corrected chi connectivity index (χ4v) is 4.36. The van der Waals surface area contributed by atoms with E-state index in [1.54, 1.807) is 24.3 Å². The van der Waals surface area contributed by atoms with Crippen molar-refractivity contribution in [2.24, 2.45) is 0 Å². The summed E-state index contributed by atoms with van der Waals surface area (Å²) in [6, 6.07) is 8.00. The molecule has 2 aliphatic heterocycles. The van der Waals surface area contributed by atoms with Crippen molar-refractivity contribution in [2.45, 2.75) is 11.4 Å². The van der Waals surface area contributed by atoms with Crippen LogP contribution in [-0.2, 0) is 14.3 Å². The van der Waals surface area contributed by atoms with Gasteiger partial charge in [0.1, 0.15) is 17.1 Å². The number of halogens is 1. The average molecular weight is 367 g/mol. The average Bonchev–Trinajstić information content (AvgIpc) is 2.64. The summed E-state index contributed by atoms with van der Waals surface area (Å²) in [5.41, 5.74) is 1.34. The van der Waals surface area contributed by atoms with Crippen LogP contribution in [0.5, 0.6) is 0 Å². The Hall–Kier alpha value is -1.99. The van der Waals surface area contributed by atoms with Gasteiger partial charge in [0.2, 0.25) is 0 Å². The van der Waals surface area contributed by atoms with Crippen LogP contribution in [0.4, 0.5) is 0 Å². The second kappa shape index (κ2) is 6.86. The molecule has 0 radical (unpaired) electrons. The number of benzene rings is 1. The van der Waals surface area contributed by atoms with E-state index in [-0.39, 0.29) is 28.8 Å². The first kappa shape index (κ1) is 16.9. The van der Waals surface area contributed by atoms with Crippen LogP contribution in [-0.4, -0.2) is 52.8 Å². The van der Waals surface area contributed by atoms with Crippen LogP contribution < -0.4 is 5.32 Å². The Kier molecular flexibility index (Phi) is 4.82. The summed E-state index contributed by atoms with van der Waals surface area (Å²) >= 11 is 7.34. The molecular formula is C16H15ClN2O4S. The molecule has 2 atom stereocenters. The molecule has 8 heteroatoms. The number of methoxy groups -OCH3 is 1. The van der Waals surface area contributed by atoms with E-state index in [1.165, 1.54) is 23.8 Å². The molecule has 2 aliphatic rings. The van der Waals surface area contributed by atoms with Gasteiger partial charge >= 0.3 is 5.97 Å². The van der Waals surface area contributed by atoms with Crippen molar-refractivity contribution in [2.75, 3.05) is 18.7 Å². The van der Waals surface area contributed by atoms with Gasteiger partial charge in [-0.15, -0.1) is 23.4 Å². The number of β-lactam (4-membered cyclic amide) rings is 1. The molecule has 0 aliphatic carbocycles. The van der Waals surface area contributed by atoms with Crippen LogP contribution in [0.1, 0.15) is 10.4 Å². The monoisotopic (exact) mass is 366 g/mol. The molecule has 1 aromatic rings. The van der Waals surface area contributed by atoms with E-state index in [0.717, 1.165) is 0 Å². The summed E-state index contributed by atoms with van der Waals surface area (Å²) in [4.78, 5) is 38.1. The van der Waals surface area contributed by atoms with Gasteiger partial charge < -0.3 is 10.1 Å². The lowest BCUT2D eigenvalue weighted by Gasteiger charge is -2.49. The zero-order valence-corrected chi connectivity index (χ0v) is 14.4. The minimum atomic E-state index is -0.667. The van der Waals surface area contributed by atoms with Gasteiger partial charge in [-0.05, 0) is 17.7 Å². The molecule has 2 amide bonds. The fourth-order valence-electron chi connectivity index (χ4n) is 2.69. The van der Waals surface area contributed by atoms with Crippen molar-refractivity contribution in [3.63, 3.8) is 0 Å². The molecule has 1 aromatic carbocycles.